The van der Waals surface area contributed by atoms with E-state index >= 15 is 0 Å². The Morgan fingerprint density at radius 1 is 1.47 bits per heavy atom. The van der Waals surface area contributed by atoms with Gasteiger partial charge in [-0.3, -0.25) is 4.79 Å². The van der Waals surface area contributed by atoms with E-state index in [2.05, 4.69) is 21.2 Å². The predicted molar refractivity (Wildman–Crippen MR) is 76.5 cm³/mol. The highest BCUT2D eigenvalue weighted by Crippen LogP contribution is 2.37. The van der Waals surface area contributed by atoms with Gasteiger partial charge in [-0.1, -0.05) is 27.5 Å². The van der Waals surface area contributed by atoms with Crippen molar-refractivity contribution in [2.75, 3.05) is 10.6 Å². The van der Waals surface area contributed by atoms with Crippen LogP contribution in [0.3, 0.4) is 0 Å². The van der Waals surface area contributed by atoms with Crippen LogP contribution in [0.1, 0.15) is 29.3 Å². The predicted octanol–water partition coefficient (Wildman–Crippen LogP) is 3.03. The van der Waals surface area contributed by atoms with Gasteiger partial charge >= 0.3 is 5.97 Å². The quantitative estimate of drug-likeness (QED) is 0.712. The number of rotatable bonds is 5. The number of phenols is 1. The summed E-state index contributed by atoms with van der Waals surface area (Å²) in [5.74, 6) is -1.97. The maximum Gasteiger partial charge on any atom is 0.339 e. The molecule has 5 nitrogen and oxygen atoms in total. The lowest BCUT2D eigenvalue weighted by Gasteiger charge is -2.15. The van der Waals surface area contributed by atoms with Gasteiger partial charge in [-0.15, -0.1) is 0 Å². The summed E-state index contributed by atoms with van der Waals surface area (Å²) in [6.07, 6.45) is 1.06. The summed E-state index contributed by atoms with van der Waals surface area (Å²) in [6.45, 7) is 1.31. The van der Waals surface area contributed by atoms with Crippen molar-refractivity contribution in [3.05, 3.63) is 22.2 Å². The second-order valence-electron chi connectivity index (χ2n) is 3.89. The van der Waals surface area contributed by atoms with Crippen molar-refractivity contribution in [3.8, 4) is 5.75 Å². The SMILES string of the molecule is CC(=O)Nc1c(Cl)cc(C(=O)O)c(O)c1CCCBr. The molecule has 0 unspecified atom stereocenters. The zero-order valence-electron chi connectivity index (χ0n) is 10.2. The van der Waals surface area contributed by atoms with Gasteiger partial charge in [-0.25, -0.2) is 4.79 Å². The van der Waals surface area contributed by atoms with Gasteiger partial charge in [0.2, 0.25) is 5.91 Å². The topological polar surface area (TPSA) is 86.6 Å². The molecule has 0 fully saturated rings. The fourth-order valence-electron chi connectivity index (χ4n) is 1.65. The number of anilines is 1. The minimum Gasteiger partial charge on any atom is -0.507 e. The number of carbonyl (C=O) groups excluding carboxylic acids is 1. The van der Waals surface area contributed by atoms with Gasteiger partial charge in [0, 0.05) is 17.8 Å². The van der Waals surface area contributed by atoms with Crippen molar-refractivity contribution in [1.82, 2.24) is 0 Å². The average Bonchev–Trinajstić information content (AvgIpc) is 2.32. The van der Waals surface area contributed by atoms with E-state index in [1.165, 1.54) is 6.92 Å². The Hall–Kier alpha value is -1.27. The summed E-state index contributed by atoms with van der Waals surface area (Å²) in [7, 11) is 0. The third-order valence-corrected chi connectivity index (χ3v) is 3.30. The molecule has 7 heteroatoms. The van der Waals surface area contributed by atoms with Crippen molar-refractivity contribution in [3.63, 3.8) is 0 Å². The van der Waals surface area contributed by atoms with Crippen LogP contribution in [0.15, 0.2) is 6.07 Å². The monoisotopic (exact) mass is 349 g/mol. The van der Waals surface area contributed by atoms with E-state index in [-0.39, 0.29) is 27.9 Å². The first-order valence-electron chi connectivity index (χ1n) is 5.49. The summed E-state index contributed by atoms with van der Waals surface area (Å²) in [6, 6.07) is 1.13. The molecule has 0 bridgehead atoms. The number of aromatic hydroxyl groups is 1. The Morgan fingerprint density at radius 3 is 2.58 bits per heavy atom. The van der Waals surface area contributed by atoms with Crippen LogP contribution in [-0.4, -0.2) is 27.4 Å². The van der Waals surface area contributed by atoms with Crippen LogP contribution in [0, 0.1) is 0 Å². The van der Waals surface area contributed by atoms with Gasteiger partial charge in [0.1, 0.15) is 11.3 Å². The number of nitrogens with one attached hydrogen (secondary N) is 1. The molecular formula is C12H13BrClNO4. The molecule has 0 saturated carbocycles. The van der Waals surface area contributed by atoms with Crippen molar-refractivity contribution in [1.29, 1.82) is 0 Å². The second-order valence-corrected chi connectivity index (χ2v) is 5.09. The number of carbonyl (C=O) groups is 2. The van der Waals surface area contributed by atoms with Crippen molar-refractivity contribution in [2.24, 2.45) is 0 Å². The van der Waals surface area contributed by atoms with Crippen LogP contribution in [0.5, 0.6) is 5.75 Å². The normalized spacial score (nSPS) is 10.3. The van der Waals surface area contributed by atoms with Gasteiger partial charge < -0.3 is 15.5 Å². The van der Waals surface area contributed by atoms with Gasteiger partial charge in [-0.2, -0.15) is 0 Å². The van der Waals surface area contributed by atoms with Gasteiger partial charge in [0.15, 0.2) is 0 Å². The molecule has 1 aromatic rings. The highest BCUT2D eigenvalue weighted by atomic mass is 79.9. The number of carboxylic acids is 1. The Kier molecular flexibility index (Phi) is 5.62. The number of alkyl halides is 1. The van der Waals surface area contributed by atoms with E-state index in [9.17, 15) is 14.7 Å². The summed E-state index contributed by atoms with van der Waals surface area (Å²) in [5, 5.41) is 22.3. The fourth-order valence-corrected chi connectivity index (χ4v) is 2.20. The first-order chi connectivity index (χ1) is 8.88. The number of amides is 1. The molecule has 0 spiro atoms. The Bertz CT molecular complexity index is 519. The molecule has 0 aliphatic rings. The van der Waals surface area contributed by atoms with Crippen LogP contribution >= 0.6 is 27.5 Å². The van der Waals surface area contributed by atoms with Crippen LogP contribution in [0.2, 0.25) is 5.02 Å². The number of hydrogen-bond donors (Lipinski definition) is 3. The van der Waals surface area contributed by atoms with Crippen LogP contribution < -0.4 is 5.32 Å². The number of hydrogen-bond acceptors (Lipinski definition) is 3. The number of aromatic carboxylic acids is 1. The minimum atomic E-state index is -1.27. The van der Waals surface area contributed by atoms with Gasteiger partial charge in [0.25, 0.3) is 0 Å². The average molecular weight is 351 g/mol. The lowest BCUT2D eigenvalue weighted by Crippen LogP contribution is -2.11. The lowest BCUT2D eigenvalue weighted by molar-refractivity contribution is -0.114. The highest BCUT2D eigenvalue weighted by molar-refractivity contribution is 9.09. The summed E-state index contributed by atoms with van der Waals surface area (Å²) < 4.78 is 0. The first-order valence-corrected chi connectivity index (χ1v) is 6.99. The van der Waals surface area contributed by atoms with Crippen molar-refractivity contribution in [2.45, 2.75) is 19.8 Å². The Morgan fingerprint density at radius 2 is 2.11 bits per heavy atom. The zero-order chi connectivity index (χ0) is 14.6. The van der Waals surface area contributed by atoms with E-state index in [0.29, 0.717) is 23.7 Å². The third kappa shape index (κ3) is 3.84. The standard InChI is InChI=1S/C12H13BrClNO4/c1-6(16)15-10-7(3-2-4-13)11(17)8(12(18)19)5-9(10)14/h5,17H,2-4H2,1H3,(H,15,16)(H,18,19). The number of benzene rings is 1. The largest absolute Gasteiger partial charge is 0.507 e. The smallest absolute Gasteiger partial charge is 0.339 e. The first kappa shape index (κ1) is 15.8. The number of carboxylic acid groups (broad SMARTS) is 1. The molecule has 0 heterocycles. The molecule has 104 valence electrons. The van der Waals surface area contributed by atoms with Gasteiger partial charge in [-0.05, 0) is 18.9 Å². The van der Waals surface area contributed by atoms with E-state index in [4.69, 9.17) is 16.7 Å². The van der Waals surface area contributed by atoms with Crippen LogP contribution in [0.4, 0.5) is 5.69 Å². The van der Waals surface area contributed by atoms with Gasteiger partial charge in [0.05, 0.1) is 10.7 Å². The lowest BCUT2D eigenvalue weighted by atomic mass is 10.0. The minimum absolute atomic E-state index is 0.0926. The number of halogens is 2. The molecule has 0 aliphatic heterocycles. The molecule has 0 aromatic heterocycles. The highest BCUT2D eigenvalue weighted by Gasteiger charge is 2.20. The fraction of sp³-hybridized carbons (Fsp3) is 0.333. The third-order valence-electron chi connectivity index (χ3n) is 2.44. The van der Waals surface area contributed by atoms with Crippen LogP contribution in [0.25, 0.3) is 0 Å². The van der Waals surface area contributed by atoms with E-state index < -0.39 is 5.97 Å². The molecule has 1 aromatic carbocycles. The molecular weight excluding hydrogens is 337 g/mol. The summed E-state index contributed by atoms with van der Waals surface area (Å²) >= 11 is 9.23. The Labute approximate surface area is 123 Å². The Balaban J connectivity index is 3.39. The van der Waals surface area contributed by atoms with E-state index in [1.807, 2.05) is 0 Å². The molecule has 1 rings (SSSR count). The molecule has 0 atom stereocenters. The van der Waals surface area contributed by atoms with Crippen molar-refractivity contribution >= 4 is 45.1 Å². The molecule has 0 radical (unpaired) electrons. The van der Waals surface area contributed by atoms with Crippen molar-refractivity contribution < 1.29 is 19.8 Å². The molecule has 1 amide bonds. The summed E-state index contributed by atoms with van der Waals surface area (Å²) in [4.78, 5) is 22.2. The molecule has 0 saturated heterocycles. The molecule has 19 heavy (non-hydrogen) atoms. The second kappa shape index (κ2) is 6.77. The van der Waals surface area contributed by atoms with Crippen LogP contribution in [-0.2, 0) is 11.2 Å². The maximum atomic E-state index is 11.1. The molecule has 3 N–H and O–H groups in total. The van der Waals surface area contributed by atoms with E-state index in [1.54, 1.807) is 0 Å². The maximum absolute atomic E-state index is 11.1. The van der Waals surface area contributed by atoms with E-state index in [0.717, 1.165) is 6.07 Å². The zero-order valence-corrected chi connectivity index (χ0v) is 12.5. The summed E-state index contributed by atoms with van der Waals surface area (Å²) in [5.41, 5.74) is 0.320. The molecule has 0 aliphatic carbocycles.